The fourth-order valence-electron chi connectivity index (χ4n) is 3.55. The molecule has 0 amide bonds. The number of hydrogen-bond donors (Lipinski definition) is 3. The van der Waals surface area contributed by atoms with Gasteiger partial charge in [-0.1, -0.05) is 60.1 Å². The van der Waals surface area contributed by atoms with Crippen molar-refractivity contribution in [1.82, 2.24) is 20.2 Å². The number of nitrogens with zero attached hydrogens (tertiary/aromatic N) is 4. The molecular weight excluding hydrogens is 652 g/mol. The highest BCUT2D eigenvalue weighted by molar-refractivity contribution is 14.1. The molecule has 39 heavy (non-hydrogen) atoms. The zero-order valence-electron chi connectivity index (χ0n) is 19.7. The number of nitrogen functional groups attached to an aromatic ring is 1. The number of anilines is 1. The molecule has 0 saturated heterocycles. The van der Waals surface area contributed by atoms with Crippen molar-refractivity contribution in [3.63, 3.8) is 0 Å². The molecule has 1 unspecified atom stereocenters. The summed E-state index contributed by atoms with van der Waals surface area (Å²) in [7, 11) is 0. The Morgan fingerprint density at radius 1 is 0.974 bits per heavy atom. The Morgan fingerprint density at radius 3 is 2.15 bits per heavy atom. The number of carboxylic acids is 1. The topological polar surface area (TPSA) is 150 Å². The zero-order chi connectivity index (χ0) is 28.4. The number of ether oxygens (including phenoxy) is 1. The maximum absolute atomic E-state index is 14.4. The minimum Gasteiger partial charge on any atom is -0.480 e. The van der Waals surface area contributed by atoms with Crippen LogP contribution in [0.25, 0.3) is 22.5 Å². The zero-order valence-corrected chi connectivity index (χ0v) is 22.6. The first-order valence-electron chi connectivity index (χ1n) is 11.1. The van der Waals surface area contributed by atoms with Crippen LogP contribution < -0.4 is 16.2 Å². The summed E-state index contributed by atoms with van der Waals surface area (Å²) in [6.45, 7) is 0. The molecule has 0 spiro atoms. The van der Waals surface area contributed by atoms with Gasteiger partial charge in [-0.2, -0.15) is 18.2 Å². The molecule has 0 saturated carbocycles. The molecule has 5 N–H and O–H groups in total. The van der Waals surface area contributed by atoms with E-state index in [0.29, 0.717) is 22.4 Å². The second kappa shape index (κ2) is 11.3. The Morgan fingerprint density at radius 2 is 1.59 bits per heavy atom. The number of alkyl halides is 4. The van der Waals surface area contributed by atoms with E-state index in [2.05, 4.69) is 20.2 Å². The number of hydrogen-bond acceptors (Lipinski definition) is 8. The van der Waals surface area contributed by atoms with Gasteiger partial charge < -0.3 is 21.3 Å². The summed E-state index contributed by atoms with van der Waals surface area (Å²) in [4.78, 5) is 18.9. The van der Waals surface area contributed by atoms with Crippen LogP contribution in [0.1, 0.15) is 11.1 Å². The van der Waals surface area contributed by atoms with Gasteiger partial charge in [-0.05, 0) is 46.7 Å². The van der Waals surface area contributed by atoms with Crippen molar-refractivity contribution in [3.05, 3.63) is 83.0 Å². The summed E-state index contributed by atoms with van der Waals surface area (Å²) in [5.74, 6) is -1.82. The lowest BCUT2D eigenvalue weighted by atomic mass is 10.0. The van der Waals surface area contributed by atoms with E-state index in [1.165, 1.54) is 59.0 Å². The van der Waals surface area contributed by atoms with Crippen LogP contribution in [-0.4, -0.2) is 43.5 Å². The van der Waals surface area contributed by atoms with Gasteiger partial charge in [0.15, 0.2) is 5.15 Å². The predicted octanol–water partition coefficient (Wildman–Crippen LogP) is 5.02. The van der Waals surface area contributed by atoms with Gasteiger partial charge in [0, 0.05) is 22.8 Å². The van der Waals surface area contributed by atoms with Gasteiger partial charge in [0.1, 0.15) is 6.04 Å². The van der Waals surface area contributed by atoms with Crippen LogP contribution in [0.5, 0.6) is 5.88 Å². The molecule has 4 rings (SSSR count). The first-order chi connectivity index (χ1) is 18.4. The van der Waals surface area contributed by atoms with Crippen molar-refractivity contribution >= 4 is 46.1 Å². The minimum atomic E-state index is -4.85. The summed E-state index contributed by atoms with van der Waals surface area (Å²) in [5, 5.41) is 16.8. The van der Waals surface area contributed by atoms with Gasteiger partial charge in [0.25, 0.3) is 3.61 Å². The second-order valence-corrected chi connectivity index (χ2v) is 10.2. The molecule has 2 aromatic heterocycles. The third-order valence-corrected chi connectivity index (χ3v) is 7.19. The van der Waals surface area contributed by atoms with E-state index >= 15 is 0 Å². The lowest BCUT2D eigenvalue weighted by Crippen LogP contribution is -2.42. The first kappa shape index (κ1) is 28.4. The van der Waals surface area contributed by atoms with Gasteiger partial charge in [0.2, 0.25) is 11.8 Å². The van der Waals surface area contributed by atoms with Crippen LogP contribution >= 0.6 is 34.2 Å². The highest BCUT2D eigenvalue weighted by Crippen LogP contribution is 2.48. The normalized spacial score (nSPS) is 13.9. The molecule has 14 heteroatoms. The van der Waals surface area contributed by atoms with Crippen LogP contribution in [0.4, 0.5) is 19.1 Å². The fourth-order valence-corrected chi connectivity index (χ4v) is 4.23. The van der Waals surface area contributed by atoms with Crippen LogP contribution in [-0.2, 0) is 14.8 Å². The number of aromatic nitrogens is 4. The largest absolute Gasteiger partial charge is 0.480 e. The van der Waals surface area contributed by atoms with Crippen LogP contribution in [0.15, 0.2) is 66.7 Å². The number of carboxylic acid groups (broad SMARTS) is 1. The average molecular weight is 671 g/mol. The highest BCUT2D eigenvalue weighted by Gasteiger charge is 2.57. The van der Waals surface area contributed by atoms with Gasteiger partial charge in [-0.25, -0.2) is 4.98 Å². The first-order valence-corrected chi connectivity index (χ1v) is 12.6. The molecule has 2 heterocycles. The Bertz CT molecular complexity index is 1470. The average Bonchev–Trinajstić information content (AvgIpc) is 2.88. The van der Waals surface area contributed by atoms with Crippen molar-refractivity contribution in [2.24, 2.45) is 5.73 Å². The van der Waals surface area contributed by atoms with Crippen molar-refractivity contribution in [2.75, 3.05) is 5.73 Å². The van der Waals surface area contributed by atoms with E-state index in [4.69, 9.17) is 32.9 Å². The molecular formula is C25H19ClF3IN6O3. The molecule has 0 bridgehead atoms. The predicted molar refractivity (Wildman–Crippen MR) is 146 cm³/mol. The summed E-state index contributed by atoms with van der Waals surface area (Å²) in [5.41, 5.74) is 13.5. The van der Waals surface area contributed by atoms with Crippen LogP contribution in [0, 0.1) is 0 Å². The van der Waals surface area contributed by atoms with Crippen molar-refractivity contribution in [1.29, 1.82) is 0 Å². The minimum absolute atomic E-state index is 0.0994. The van der Waals surface area contributed by atoms with E-state index in [0.717, 1.165) is 0 Å². The standard InChI is InChI=1S/C25H19ClF3IN6O3/c26-20-10-9-18(35-36-20)14-5-7-16(8-6-14)24(30,25(27,28)29)39-21-12-19(33-23(32)34-21)15-3-1-13(2-4-15)11-17(31)22(37)38/h1-10,12,17H,11,31H2,(H,37,38)(H2,32,33,34)/t17-,24?/m0/s1. The van der Waals surface area contributed by atoms with E-state index in [9.17, 15) is 18.0 Å². The molecule has 9 nitrogen and oxygen atoms in total. The molecule has 0 radical (unpaired) electrons. The van der Waals surface area contributed by atoms with Crippen molar-refractivity contribution in [2.45, 2.75) is 22.2 Å². The molecule has 202 valence electrons. The fraction of sp³-hybridized carbons (Fsp3) is 0.160. The SMILES string of the molecule is Nc1nc(OC(I)(c2ccc(-c3ccc(Cl)nn3)cc2)C(F)(F)F)cc(-c2ccc(C[C@H](N)C(=O)O)cc2)n1. The van der Waals surface area contributed by atoms with Gasteiger partial charge in [-0.15, -0.1) is 10.2 Å². The third kappa shape index (κ3) is 6.54. The lowest BCUT2D eigenvalue weighted by molar-refractivity contribution is -0.207. The third-order valence-electron chi connectivity index (χ3n) is 5.54. The molecule has 2 atom stereocenters. The van der Waals surface area contributed by atoms with E-state index in [-0.39, 0.29) is 28.8 Å². The molecule has 0 aliphatic heterocycles. The lowest BCUT2D eigenvalue weighted by Gasteiger charge is -2.31. The van der Waals surface area contributed by atoms with Crippen LogP contribution in [0.3, 0.4) is 0 Å². The Balaban J connectivity index is 1.63. The summed E-state index contributed by atoms with van der Waals surface area (Å²) in [6.07, 6.45) is -4.75. The Hall–Kier alpha value is -3.56. The molecule has 2 aromatic carbocycles. The number of halogens is 5. The number of benzene rings is 2. The summed E-state index contributed by atoms with van der Waals surface area (Å²) >= 11 is 6.94. The Kier molecular flexibility index (Phi) is 8.23. The van der Waals surface area contributed by atoms with E-state index in [1.807, 2.05) is 0 Å². The molecule has 0 aliphatic rings. The molecule has 0 aliphatic carbocycles. The summed E-state index contributed by atoms with van der Waals surface area (Å²) < 4.78 is 45.8. The van der Waals surface area contributed by atoms with Gasteiger partial charge in [0.05, 0.1) is 11.4 Å². The number of aliphatic carboxylic acids is 1. The maximum atomic E-state index is 14.4. The van der Waals surface area contributed by atoms with Crippen molar-refractivity contribution < 1.29 is 27.8 Å². The smallest absolute Gasteiger partial charge is 0.442 e. The van der Waals surface area contributed by atoms with Gasteiger partial charge in [-0.3, -0.25) is 4.79 Å². The maximum Gasteiger partial charge on any atom is 0.442 e. The summed E-state index contributed by atoms with van der Waals surface area (Å²) in [6, 6.07) is 15.3. The number of rotatable bonds is 8. The highest BCUT2D eigenvalue weighted by atomic mass is 127. The quantitative estimate of drug-likeness (QED) is 0.174. The number of carbonyl (C=O) groups is 1. The number of nitrogens with two attached hydrogens (primary N) is 2. The van der Waals surface area contributed by atoms with E-state index in [1.54, 1.807) is 30.3 Å². The van der Waals surface area contributed by atoms with Gasteiger partial charge >= 0.3 is 12.1 Å². The van der Waals surface area contributed by atoms with E-state index < -0.39 is 27.7 Å². The Labute approximate surface area is 238 Å². The van der Waals surface area contributed by atoms with Crippen LogP contribution in [0.2, 0.25) is 5.15 Å². The monoisotopic (exact) mass is 670 g/mol. The molecule has 4 aromatic rings. The molecule has 0 fully saturated rings. The second-order valence-electron chi connectivity index (χ2n) is 8.31. The van der Waals surface area contributed by atoms with Crippen molar-refractivity contribution in [3.8, 4) is 28.4 Å².